The van der Waals surface area contributed by atoms with E-state index in [-0.39, 0.29) is 16.1 Å². The van der Waals surface area contributed by atoms with E-state index in [2.05, 4.69) is 15.6 Å². The molecule has 0 saturated heterocycles. The zero-order valence-electron chi connectivity index (χ0n) is 15.3. The van der Waals surface area contributed by atoms with Crippen molar-refractivity contribution in [3.8, 4) is 0 Å². The molecule has 1 atom stereocenters. The highest BCUT2D eigenvalue weighted by molar-refractivity contribution is 7.89. The second-order valence-electron chi connectivity index (χ2n) is 6.12. The number of halogens is 1. The fourth-order valence-corrected chi connectivity index (χ4v) is 3.24. The molecule has 1 amide bonds. The van der Waals surface area contributed by atoms with Crippen molar-refractivity contribution in [2.75, 3.05) is 19.4 Å². The maximum atomic E-state index is 13.7. The number of carbonyl (C=O) groups excluding carboxylic acids is 1. The predicted octanol–water partition coefficient (Wildman–Crippen LogP) is 1.28. The summed E-state index contributed by atoms with van der Waals surface area (Å²) in [5.41, 5.74) is 0.679. The largest absolute Gasteiger partial charge is 0.382 e. The monoisotopic (exact) mass is 407 g/mol. The maximum Gasteiger partial charge on any atom is 0.268 e. The average Bonchev–Trinajstić information content (AvgIpc) is 3.05. The van der Waals surface area contributed by atoms with Crippen LogP contribution in [0.25, 0.3) is 11.0 Å². The van der Waals surface area contributed by atoms with Crippen LogP contribution in [0.2, 0.25) is 0 Å². The van der Waals surface area contributed by atoms with Gasteiger partial charge in [-0.05, 0) is 42.5 Å². The Labute approximate surface area is 160 Å². The molecule has 0 radical (unpaired) electrons. The normalized spacial score (nSPS) is 12.9. The first-order valence-electron chi connectivity index (χ1n) is 8.20. The number of fused-ring (bicyclic) bond motifs is 1. The first kappa shape index (κ1) is 19.7. The minimum absolute atomic E-state index is 0.0192. The fourth-order valence-electron chi connectivity index (χ4n) is 2.32. The van der Waals surface area contributed by atoms with Gasteiger partial charge in [-0.1, -0.05) is 17.0 Å². The van der Waals surface area contributed by atoms with Gasteiger partial charge in [-0.15, -0.1) is 5.10 Å². The number of hydrogen-bond donors (Lipinski definition) is 1. The maximum absolute atomic E-state index is 13.7. The lowest BCUT2D eigenvalue weighted by molar-refractivity contribution is -0.127. The molecule has 0 unspecified atom stereocenters. The molecule has 1 aromatic heterocycles. The molecule has 28 heavy (non-hydrogen) atoms. The van der Waals surface area contributed by atoms with Gasteiger partial charge in [0.2, 0.25) is 16.1 Å². The Morgan fingerprint density at radius 3 is 2.64 bits per heavy atom. The lowest BCUT2D eigenvalue weighted by atomic mass is 10.3. The number of rotatable bonds is 6. The molecular weight excluding hydrogens is 389 g/mol. The van der Waals surface area contributed by atoms with Crippen LogP contribution in [0.1, 0.15) is 6.92 Å². The highest BCUT2D eigenvalue weighted by atomic mass is 32.2. The minimum atomic E-state index is -3.67. The molecule has 148 valence electrons. The van der Waals surface area contributed by atoms with E-state index in [4.69, 9.17) is 4.84 Å². The van der Waals surface area contributed by atoms with Crippen LogP contribution in [0, 0.1) is 5.82 Å². The molecule has 0 spiro atoms. The van der Waals surface area contributed by atoms with Gasteiger partial charge in [0.15, 0.2) is 0 Å². The van der Waals surface area contributed by atoms with Gasteiger partial charge in [0, 0.05) is 14.1 Å². The zero-order chi connectivity index (χ0) is 20.5. The van der Waals surface area contributed by atoms with Crippen molar-refractivity contribution in [3.63, 3.8) is 0 Å². The third kappa shape index (κ3) is 3.80. The quantitative estimate of drug-likeness (QED) is 0.660. The summed E-state index contributed by atoms with van der Waals surface area (Å²) < 4.78 is 39.4. The fraction of sp³-hybridized carbons (Fsp3) is 0.235. The minimum Gasteiger partial charge on any atom is -0.382 e. The van der Waals surface area contributed by atoms with Crippen LogP contribution in [0.4, 0.5) is 10.1 Å². The highest BCUT2D eigenvalue weighted by Gasteiger charge is 2.21. The van der Waals surface area contributed by atoms with E-state index in [1.54, 1.807) is 6.07 Å². The molecule has 0 fully saturated rings. The number of hydrogen-bond acceptors (Lipinski definition) is 6. The smallest absolute Gasteiger partial charge is 0.268 e. The topological polar surface area (TPSA) is 106 Å². The molecule has 0 aliphatic carbocycles. The van der Waals surface area contributed by atoms with Gasteiger partial charge in [0.05, 0.1) is 10.6 Å². The first-order chi connectivity index (χ1) is 13.2. The summed E-state index contributed by atoms with van der Waals surface area (Å²) in [6, 6.07) is 9.98. The summed E-state index contributed by atoms with van der Waals surface area (Å²) in [4.78, 5) is 18.7. The molecule has 2 aromatic carbocycles. The molecule has 9 nitrogen and oxygen atoms in total. The Hall–Kier alpha value is -3.05. The van der Waals surface area contributed by atoms with E-state index in [1.807, 2.05) is 0 Å². The van der Waals surface area contributed by atoms with Crippen LogP contribution in [0.3, 0.4) is 0 Å². The number of aromatic nitrogens is 3. The Balaban J connectivity index is 1.84. The molecular formula is C17H18FN5O4S. The molecule has 1 N–H and O–H groups in total. The Bertz CT molecular complexity index is 1130. The van der Waals surface area contributed by atoms with E-state index in [0.717, 1.165) is 9.15 Å². The van der Waals surface area contributed by atoms with Crippen LogP contribution < -0.4 is 10.2 Å². The lowest BCUT2D eigenvalue weighted by Crippen LogP contribution is -2.35. The summed E-state index contributed by atoms with van der Waals surface area (Å²) in [5.74, 6) is -1.18. The van der Waals surface area contributed by atoms with Crippen LogP contribution in [-0.2, 0) is 14.8 Å². The number of anilines is 1. The van der Waals surface area contributed by atoms with E-state index < -0.39 is 27.9 Å². The number of benzene rings is 2. The molecule has 0 saturated carbocycles. The molecule has 3 rings (SSSR count). The van der Waals surface area contributed by atoms with Gasteiger partial charge in [-0.25, -0.2) is 17.1 Å². The van der Waals surface area contributed by atoms with Crippen molar-refractivity contribution < 1.29 is 22.4 Å². The van der Waals surface area contributed by atoms with E-state index in [9.17, 15) is 17.6 Å². The standard InChI is InChI=1S/C17H18FN5O4S/c1-11(17(24)19-14-7-5-4-6-13(14)18)27-23-16-10-12(28(25,26)22(2)3)8-9-15(16)20-21-23/h4-11H,1-3H3,(H,19,24)/t11-/m1/s1. The summed E-state index contributed by atoms with van der Waals surface area (Å²) in [6.45, 7) is 1.45. The summed E-state index contributed by atoms with van der Waals surface area (Å²) in [5, 5.41) is 10.1. The molecule has 1 heterocycles. The van der Waals surface area contributed by atoms with Gasteiger partial charge in [0.25, 0.3) is 5.91 Å². The van der Waals surface area contributed by atoms with Gasteiger partial charge >= 0.3 is 0 Å². The van der Waals surface area contributed by atoms with Crippen molar-refractivity contribution in [2.24, 2.45) is 0 Å². The third-order valence-corrected chi connectivity index (χ3v) is 5.74. The average molecular weight is 407 g/mol. The summed E-state index contributed by atoms with van der Waals surface area (Å²) in [7, 11) is -0.831. The van der Waals surface area contributed by atoms with Crippen molar-refractivity contribution in [2.45, 2.75) is 17.9 Å². The number of nitrogens with zero attached hydrogens (tertiary/aromatic N) is 4. The van der Waals surface area contributed by atoms with Gasteiger partial charge in [-0.3, -0.25) is 4.79 Å². The number of para-hydroxylation sites is 1. The highest BCUT2D eigenvalue weighted by Crippen LogP contribution is 2.19. The van der Waals surface area contributed by atoms with Gasteiger partial charge < -0.3 is 10.2 Å². The van der Waals surface area contributed by atoms with Crippen LogP contribution in [0.5, 0.6) is 0 Å². The Morgan fingerprint density at radius 2 is 1.96 bits per heavy atom. The molecule has 3 aromatic rings. The van der Waals surface area contributed by atoms with Crippen LogP contribution in [-0.4, -0.2) is 54.0 Å². The van der Waals surface area contributed by atoms with E-state index in [0.29, 0.717) is 5.52 Å². The molecule has 11 heteroatoms. The summed E-state index contributed by atoms with van der Waals surface area (Å²) >= 11 is 0. The van der Waals surface area contributed by atoms with Crippen LogP contribution >= 0.6 is 0 Å². The second kappa shape index (κ2) is 7.52. The number of nitrogens with one attached hydrogen (secondary N) is 1. The predicted molar refractivity (Wildman–Crippen MR) is 99.5 cm³/mol. The number of carbonyl (C=O) groups is 1. The summed E-state index contributed by atoms with van der Waals surface area (Å²) in [6.07, 6.45) is -1.06. The lowest BCUT2D eigenvalue weighted by Gasteiger charge is -2.15. The molecule has 0 aliphatic rings. The van der Waals surface area contributed by atoms with Crippen molar-refractivity contribution >= 4 is 32.7 Å². The molecule has 0 bridgehead atoms. The van der Waals surface area contributed by atoms with E-state index >= 15 is 0 Å². The molecule has 0 aliphatic heterocycles. The second-order valence-corrected chi connectivity index (χ2v) is 8.27. The zero-order valence-corrected chi connectivity index (χ0v) is 16.1. The SMILES string of the molecule is C[C@@H](On1nnc2ccc(S(=O)(=O)N(C)C)cc21)C(=O)Nc1ccccc1F. The van der Waals surface area contributed by atoms with E-state index in [1.165, 1.54) is 57.4 Å². The van der Waals surface area contributed by atoms with Crippen molar-refractivity contribution in [1.82, 2.24) is 19.5 Å². The van der Waals surface area contributed by atoms with Gasteiger partial charge in [-0.2, -0.15) is 0 Å². The Kier molecular flexibility index (Phi) is 5.29. The first-order valence-corrected chi connectivity index (χ1v) is 9.64. The number of amides is 1. The van der Waals surface area contributed by atoms with Crippen molar-refractivity contribution in [3.05, 3.63) is 48.3 Å². The van der Waals surface area contributed by atoms with Gasteiger partial charge in [0.1, 0.15) is 16.9 Å². The third-order valence-electron chi connectivity index (χ3n) is 3.92. The Morgan fingerprint density at radius 1 is 1.25 bits per heavy atom. The van der Waals surface area contributed by atoms with Crippen LogP contribution in [0.15, 0.2) is 47.4 Å². The van der Waals surface area contributed by atoms with Crippen molar-refractivity contribution in [1.29, 1.82) is 0 Å². The number of sulfonamides is 1.